The number of nitriles is 1. The smallest absolute Gasteiger partial charge is 0.255 e. The minimum Gasteiger partial charge on any atom is -0.322 e. The molecule has 1 aliphatic carbocycles. The number of hydrogen-bond donors (Lipinski definition) is 1. The number of carbonyl (C=O) groups excluding carboxylic acids is 1. The van der Waals surface area contributed by atoms with Crippen molar-refractivity contribution in [3.63, 3.8) is 0 Å². The fourth-order valence-corrected chi connectivity index (χ4v) is 2.73. The van der Waals surface area contributed by atoms with Gasteiger partial charge in [0.25, 0.3) is 5.91 Å². The summed E-state index contributed by atoms with van der Waals surface area (Å²) in [7, 11) is 0. The van der Waals surface area contributed by atoms with Gasteiger partial charge in [-0.2, -0.15) is 5.26 Å². The Morgan fingerprint density at radius 2 is 1.95 bits per heavy atom. The van der Waals surface area contributed by atoms with Crippen LogP contribution >= 0.6 is 0 Å². The van der Waals surface area contributed by atoms with E-state index in [0.29, 0.717) is 16.8 Å². The van der Waals surface area contributed by atoms with E-state index in [9.17, 15) is 4.79 Å². The van der Waals surface area contributed by atoms with E-state index in [-0.39, 0.29) is 5.91 Å². The number of nitrogens with zero attached hydrogens (tertiary/aromatic N) is 1. The van der Waals surface area contributed by atoms with Crippen LogP contribution in [0.15, 0.2) is 36.4 Å². The molecule has 0 aliphatic heterocycles. The van der Waals surface area contributed by atoms with E-state index in [2.05, 4.69) is 17.5 Å². The number of amides is 1. The minimum absolute atomic E-state index is 0.122. The first kappa shape index (κ1) is 13.4. The Balaban J connectivity index is 1.85. The van der Waals surface area contributed by atoms with Crippen LogP contribution in [0.1, 0.15) is 39.0 Å². The van der Waals surface area contributed by atoms with Crippen molar-refractivity contribution in [2.45, 2.75) is 26.2 Å². The molecule has 1 aliphatic rings. The van der Waals surface area contributed by atoms with Gasteiger partial charge >= 0.3 is 0 Å². The molecule has 3 nitrogen and oxygen atoms in total. The van der Waals surface area contributed by atoms with E-state index in [4.69, 9.17) is 5.26 Å². The molecule has 1 N–H and O–H groups in total. The summed E-state index contributed by atoms with van der Waals surface area (Å²) in [5.41, 5.74) is 5.50. The van der Waals surface area contributed by atoms with Crippen LogP contribution < -0.4 is 5.32 Å². The van der Waals surface area contributed by atoms with Crippen molar-refractivity contribution in [1.82, 2.24) is 0 Å². The Labute approximate surface area is 124 Å². The third-order valence-electron chi connectivity index (χ3n) is 3.98. The van der Waals surface area contributed by atoms with Crippen LogP contribution in [0.3, 0.4) is 0 Å². The molecule has 0 unspecified atom stereocenters. The third kappa shape index (κ3) is 2.66. The second-order valence-electron chi connectivity index (χ2n) is 5.43. The average molecular weight is 276 g/mol. The van der Waals surface area contributed by atoms with Crippen LogP contribution in [0.5, 0.6) is 0 Å². The quantitative estimate of drug-likeness (QED) is 0.911. The Bertz CT molecular complexity index is 756. The monoisotopic (exact) mass is 276 g/mol. The van der Waals surface area contributed by atoms with E-state index in [1.54, 1.807) is 12.1 Å². The highest BCUT2D eigenvalue weighted by Crippen LogP contribution is 2.24. The lowest BCUT2D eigenvalue weighted by Crippen LogP contribution is -2.13. The van der Waals surface area contributed by atoms with Crippen LogP contribution in [0, 0.1) is 18.3 Å². The van der Waals surface area contributed by atoms with E-state index < -0.39 is 0 Å². The van der Waals surface area contributed by atoms with Crippen molar-refractivity contribution in [3.8, 4) is 6.07 Å². The second-order valence-corrected chi connectivity index (χ2v) is 5.43. The first-order valence-electron chi connectivity index (χ1n) is 7.11. The molecule has 3 heteroatoms. The molecule has 0 atom stereocenters. The van der Waals surface area contributed by atoms with Crippen LogP contribution in [0.4, 0.5) is 5.69 Å². The molecule has 1 amide bonds. The van der Waals surface area contributed by atoms with Gasteiger partial charge in [0.2, 0.25) is 0 Å². The van der Waals surface area contributed by atoms with Crippen molar-refractivity contribution in [1.29, 1.82) is 5.26 Å². The summed E-state index contributed by atoms with van der Waals surface area (Å²) in [6, 6.07) is 13.3. The maximum Gasteiger partial charge on any atom is 0.255 e. The average Bonchev–Trinajstić information content (AvgIpc) is 2.96. The highest BCUT2D eigenvalue weighted by Gasteiger charge is 2.14. The Morgan fingerprint density at radius 1 is 1.14 bits per heavy atom. The van der Waals surface area contributed by atoms with E-state index in [1.807, 2.05) is 25.1 Å². The molecule has 21 heavy (non-hydrogen) atoms. The highest BCUT2D eigenvalue weighted by molar-refractivity contribution is 6.04. The van der Waals surface area contributed by atoms with Gasteiger partial charge < -0.3 is 5.32 Å². The maximum absolute atomic E-state index is 12.4. The second kappa shape index (κ2) is 5.41. The molecule has 0 radical (unpaired) electrons. The van der Waals surface area contributed by atoms with E-state index in [0.717, 1.165) is 18.4 Å². The lowest BCUT2D eigenvalue weighted by atomic mass is 10.1. The van der Waals surface area contributed by atoms with Crippen molar-refractivity contribution in [3.05, 3.63) is 64.2 Å². The summed E-state index contributed by atoms with van der Waals surface area (Å²) >= 11 is 0. The molecule has 0 heterocycles. The molecule has 0 saturated heterocycles. The Kier molecular flexibility index (Phi) is 3.45. The molecule has 3 rings (SSSR count). The Hall–Kier alpha value is -2.60. The third-order valence-corrected chi connectivity index (χ3v) is 3.98. The number of rotatable bonds is 2. The summed E-state index contributed by atoms with van der Waals surface area (Å²) in [5, 5.41) is 11.8. The van der Waals surface area contributed by atoms with Gasteiger partial charge in [0, 0.05) is 11.3 Å². The number of aryl methyl sites for hydroxylation is 3. The zero-order valence-corrected chi connectivity index (χ0v) is 11.9. The summed E-state index contributed by atoms with van der Waals surface area (Å²) in [5.74, 6) is -0.122. The molecular weight excluding hydrogens is 260 g/mol. The van der Waals surface area contributed by atoms with Crippen LogP contribution in [0.25, 0.3) is 0 Å². The molecular formula is C18H16N2O. The molecule has 0 spiro atoms. The highest BCUT2D eigenvalue weighted by atomic mass is 16.1. The van der Waals surface area contributed by atoms with E-state index >= 15 is 0 Å². The number of benzene rings is 2. The van der Waals surface area contributed by atoms with Gasteiger partial charge in [-0.15, -0.1) is 0 Å². The zero-order valence-electron chi connectivity index (χ0n) is 11.9. The van der Waals surface area contributed by atoms with Crippen LogP contribution in [0.2, 0.25) is 0 Å². The van der Waals surface area contributed by atoms with Gasteiger partial charge in [-0.25, -0.2) is 0 Å². The van der Waals surface area contributed by atoms with Gasteiger partial charge in [0.1, 0.15) is 0 Å². The van der Waals surface area contributed by atoms with Gasteiger partial charge in [0.05, 0.1) is 11.6 Å². The van der Waals surface area contributed by atoms with Crippen molar-refractivity contribution in [2.24, 2.45) is 0 Å². The normalized spacial score (nSPS) is 12.6. The molecule has 2 aromatic carbocycles. The molecule has 0 bridgehead atoms. The number of carbonyl (C=O) groups is 1. The zero-order chi connectivity index (χ0) is 14.8. The van der Waals surface area contributed by atoms with Crippen LogP contribution in [-0.4, -0.2) is 5.91 Å². The number of anilines is 1. The molecule has 0 saturated carbocycles. The fourth-order valence-electron chi connectivity index (χ4n) is 2.73. The van der Waals surface area contributed by atoms with Crippen molar-refractivity contribution < 1.29 is 4.79 Å². The number of fused-ring (bicyclic) bond motifs is 1. The molecule has 2 aromatic rings. The first-order chi connectivity index (χ1) is 10.2. The molecule has 0 fully saturated rings. The summed E-state index contributed by atoms with van der Waals surface area (Å²) in [4.78, 5) is 12.4. The van der Waals surface area contributed by atoms with E-state index in [1.165, 1.54) is 17.5 Å². The standard InChI is InChI=1S/C18H16N2O/c1-12-5-6-13(11-19)9-17(12)20-18(21)16-8-7-14-3-2-4-15(14)10-16/h5-10H,2-4H2,1H3,(H,20,21). The van der Waals surface area contributed by atoms with Gasteiger partial charge in [0.15, 0.2) is 0 Å². The summed E-state index contributed by atoms with van der Waals surface area (Å²) in [6.45, 7) is 1.92. The lowest BCUT2D eigenvalue weighted by Gasteiger charge is -2.10. The topological polar surface area (TPSA) is 52.9 Å². The van der Waals surface area contributed by atoms with Gasteiger partial charge in [-0.3, -0.25) is 4.79 Å². The van der Waals surface area contributed by atoms with Gasteiger partial charge in [-0.1, -0.05) is 12.1 Å². The number of nitrogens with one attached hydrogen (secondary N) is 1. The molecule has 104 valence electrons. The molecule has 0 aromatic heterocycles. The summed E-state index contributed by atoms with van der Waals surface area (Å²) < 4.78 is 0. The Morgan fingerprint density at radius 3 is 2.76 bits per heavy atom. The predicted molar refractivity (Wildman–Crippen MR) is 82.3 cm³/mol. The van der Waals surface area contributed by atoms with Gasteiger partial charge in [-0.05, 0) is 67.1 Å². The van der Waals surface area contributed by atoms with Crippen molar-refractivity contribution in [2.75, 3.05) is 5.32 Å². The first-order valence-corrected chi connectivity index (χ1v) is 7.11. The maximum atomic E-state index is 12.4. The largest absolute Gasteiger partial charge is 0.322 e. The fraction of sp³-hybridized carbons (Fsp3) is 0.222. The van der Waals surface area contributed by atoms with Crippen LogP contribution in [-0.2, 0) is 12.8 Å². The van der Waals surface area contributed by atoms with Crippen molar-refractivity contribution >= 4 is 11.6 Å². The summed E-state index contributed by atoms with van der Waals surface area (Å²) in [6.07, 6.45) is 3.34. The predicted octanol–water partition coefficient (Wildman–Crippen LogP) is 3.61. The number of hydrogen-bond acceptors (Lipinski definition) is 2. The minimum atomic E-state index is -0.122. The lowest BCUT2D eigenvalue weighted by molar-refractivity contribution is 0.102. The SMILES string of the molecule is Cc1ccc(C#N)cc1NC(=O)c1ccc2c(c1)CCC2.